The molecule has 3 rings (SSSR count). The molecular formula is C18H13O3S. The van der Waals surface area contributed by atoms with Gasteiger partial charge >= 0.3 is 10.1 Å². The zero-order chi connectivity index (χ0) is 15.4. The Bertz CT molecular complexity index is 840. The summed E-state index contributed by atoms with van der Waals surface area (Å²) in [5.41, 5.74) is 2.06. The van der Waals surface area contributed by atoms with Crippen molar-refractivity contribution in [2.24, 2.45) is 0 Å². The lowest BCUT2D eigenvalue weighted by Crippen LogP contribution is -2.09. The molecule has 0 atom stereocenters. The zero-order valence-electron chi connectivity index (χ0n) is 11.6. The van der Waals surface area contributed by atoms with Crippen LogP contribution in [0.2, 0.25) is 0 Å². The van der Waals surface area contributed by atoms with E-state index in [1.807, 2.05) is 42.5 Å². The van der Waals surface area contributed by atoms with Gasteiger partial charge in [0.15, 0.2) is 0 Å². The van der Waals surface area contributed by atoms with Gasteiger partial charge in [-0.05, 0) is 41.5 Å². The predicted octanol–water partition coefficient (Wildman–Crippen LogP) is 3.92. The summed E-state index contributed by atoms with van der Waals surface area (Å²) in [7, 11) is -3.81. The summed E-state index contributed by atoms with van der Waals surface area (Å²) in [6.07, 6.45) is 0. The Kier molecular flexibility index (Phi) is 3.94. The van der Waals surface area contributed by atoms with Crippen LogP contribution in [0.5, 0.6) is 5.75 Å². The van der Waals surface area contributed by atoms with Crippen LogP contribution >= 0.6 is 0 Å². The van der Waals surface area contributed by atoms with E-state index < -0.39 is 10.1 Å². The molecule has 0 bridgehead atoms. The van der Waals surface area contributed by atoms with Crippen molar-refractivity contribution in [1.82, 2.24) is 0 Å². The third-order valence-electron chi connectivity index (χ3n) is 3.14. The highest BCUT2D eigenvalue weighted by atomic mass is 32.2. The van der Waals surface area contributed by atoms with Gasteiger partial charge in [-0.1, -0.05) is 54.6 Å². The summed E-state index contributed by atoms with van der Waals surface area (Å²) in [6, 6.07) is 25.6. The van der Waals surface area contributed by atoms with E-state index in [-0.39, 0.29) is 10.6 Å². The predicted molar refractivity (Wildman–Crippen MR) is 85.0 cm³/mol. The molecule has 0 aliphatic carbocycles. The molecular weight excluding hydrogens is 296 g/mol. The van der Waals surface area contributed by atoms with E-state index >= 15 is 0 Å². The minimum Gasteiger partial charge on any atom is -0.379 e. The molecule has 0 saturated carbocycles. The molecule has 0 saturated heterocycles. The van der Waals surface area contributed by atoms with E-state index in [9.17, 15) is 8.42 Å². The molecule has 0 aliphatic heterocycles. The monoisotopic (exact) mass is 309 g/mol. The molecule has 3 aromatic carbocycles. The van der Waals surface area contributed by atoms with Crippen LogP contribution < -0.4 is 4.18 Å². The zero-order valence-corrected chi connectivity index (χ0v) is 12.5. The maximum atomic E-state index is 12.1. The Morgan fingerprint density at radius 3 is 1.95 bits per heavy atom. The van der Waals surface area contributed by atoms with Gasteiger partial charge in [0, 0.05) is 0 Å². The van der Waals surface area contributed by atoms with Crippen LogP contribution in [0.15, 0.2) is 83.8 Å². The van der Waals surface area contributed by atoms with Gasteiger partial charge in [-0.25, -0.2) is 0 Å². The molecule has 109 valence electrons. The van der Waals surface area contributed by atoms with E-state index in [2.05, 4.69) is 6.07 Å². The molecule has 0 aromatic heterocycles. The van der Waals surface area contributed by atoms with Gasteiger partial charge in [-0.2, -0.15) is 8.42 Å². The van der Waals surface area contributed by atoms with Gasteiger partial charge < -0.3 is 4.18 Å². The first-order valence-electron chi connectivity index (χ1n) is 6.71. The topological polar surface area (TPSA) is 43.4 Å². The lowest BCUT2D eigenvalue weighted by atomic mass is 10.1. The Labute approximate surface area is 129 Å². The number of hydrogen-bond acceptors (Lipinski definition) is 3. The summed E-state index contributed by atoms with van der Waals surface area (Å²) in [5, 5.41) is 0. The van der Waals surface area contributed by atoms with Crippen LogP contribution in [0.4, 0.5) is 0 Å². The standard InChI is InChI=1S/C18H13O3S/c19-22(20,18-9-5-2-6-10-18)21-17-13-11-16(12-14-17)15-7-3-1-4-8-15/h1,3-14H. The average Bonchev–Trinajstić information content (AvgIpc) is 2.57. The van der Waals surface area contributed by atoms with Crippen molar-refractivity contribution in [3.8, 4) is 16.9 Å². The normalized spacial score (nSPS) is 11.1. The van der Waals surface area contributed by atoms with Crippen LogP contribution in [0.3, 0.4) is 0 Å². The lowest BCUT2D eigenvalue weighted by molar-refractivity contribution is 0.486. The largest absolute Gasteiger partial charge is 0.379 e. The quantitative estimate of drug-likeness (QED) is 0.686. The fourth-order valence-corrected chi connectivity index (χ4v) is 2.98. The smallest absolute Gasteiger partial charge is 0.339 e. The highest BCUT2D eigenvalue weighted by Gasteiger charge is 2.15. The Morgan fingerprint density at radius 2 is 1.32 bits per heavy atom. The Balaban J connectivity index is 1.83. The van der Waals surface area contributed by atoms with Crippen molar-refractivity contribution < 1.29 is 12.6 Å². The van der Waals surface area contributed by atoms with E-state index in [1.165, 1.54) is 24.3 Å². The summed E-state index contributed by atoms with van der Waals surface area (Å²) < 4.78 is 29.4. The molecule has 0 amide bonds. The molecule has 0 N–H and O–H groups in total. The van der Waals surface area contributed by atoms with E-state index in [1.54, 1.807) is 12.1 Å². The molecule has 3 nitrogen and oxygen atoms in total. The van der Waals surface area contributed by atoms with Crippen molar-refractivity contribution in [3.63, 3.8) is 0 Å². The van der Waals surface area contributed by atoms with E-state index in [0.29, 0.717) is 0 Å². The summed E-state index contributed by atoms with van der Waals surface area (Å²) in [6.45, 7) is 0. The van der Waals surface area contributed by atoms with Crippen LogP contribution in [-0.4, -0.2) is 8.42 Å². The third kappa shape index (κ3) is 3.18. The summed E-state index contributed by atoms with van der Waals surface area (Å²) >= 11 is 0. The second-order valence-corrected chi connectivity index (χ2v) is 6.21. The lowest BCUT2D eigenvalue weighted by Gasteiger charge is -2.08. The molecule has 4 heteroatoms. The summed E-state index contributed by atoms with van der Waals surface area (Å²) in [4.78, 5) is 0.110. The van der Waals surface area contributed by atoms with Crippen molar-refractivity contribution in [1.29, 1.82) is 0 Å². The third-order valence-corrected chi connectivity index (χ3v) is 4.41. The number of benzene rings is 3. The first-order valence-corrected chi connectivity index (χ1v) is 8.12. The van der Waals surface area contributed by atoms with Crippen LogP contribution in [0.1, 0.15) is 0 Å². The maximum Gasteiger partial charge on any atom is 0.339 e. The summed E-state index contributed by atoms with van der Waals surface area (Å²) in [5.74, 6) is 0.285. The minimum absolute atomic E-state index is 0.110. The van der Waals surface area contributed by atoms with Crippen LogP contribution in [0, 0.1) is 6.07 Å². The van der Waals surface area contributed by atoms with Crippen LogP contribution in [0.25, 0.3) is 11.1 Å². The molecule has 3 aromatic rings. The number of hydrogen-bond donors (Lipinski definition) is 0. The fourth-order valence-electron chi connectivity index (χ4n) is 2.05. The number of rotatable bonds is 4. The molecule has 0 unspecified atom stereocenters. The second-order valence-electron chi connectivity index (χ2n) is 4.66. The second kappa shape index (κ2) is 6.03. The van der Waals surface area contributed by atoms with Gasteiger partial charge in [0.1, 0.15) is 10.6 Å². The molecule has 0 aliphatic rings. The molecule has 0 spiro atoms. The highest BCUT2D eigenvalue weighted by Crippen LogP contribution is 2.24. The molecule has 0 fully saturated rings. The average molecular weight is 309 g/mol. The van der Waals surface area contributed by atoms with Gasteiger partial charge in [0.2, 0.25) is 0 Å². The first kappa shape index (κ1) is 14.4. The van der Waals surface area contributed by atoms with Crippen molar-refractivity contribution >= 4 is 10.1 Å². The van der Waals surface area contributed by atoms with Gasteiger partial charge in [-0.15, -0.1) is 0 Å². The van der Waals surface area contributed by atoms with E-state index in [0.717, 1.165) is 11.1 Å². The van der Waals surface area contributed by atoms with Crippen molar-refractivity contribution in [2.75, 3.05) is 0 Å². The Morgan fingerprint density at radius 1 is 0.727 bits per heavy atom. The highest BCUT2D eigenvalue weighted by molar-refractivity contribution is 7.87. The van der Waals surface area contributed by atoms with Gasteiger partial charge in [0.05, 0.1) is 0 Å². The van der Waals surface area contributed by atoms with Crippen molar-refractivity contribution in [2.45, 2.75) is 4.90 Å². The van der Waals surface area contributed by atoms with Crippen LogP contribution in [-0.2, 0) is 10.1 Å². The maximum absolute atomic E-state index is 12.1. The minimum atomic E-state index is -3.81. The molecule has 1 radical (unpaired) electrons. The van der Waals surface area contributed by atoms with Gasteiger partial charge in [0.25, 0.3) is 0 Å². The fraction of sp³-hybridized carbons (Fsp3) is 0. The first-order chi connectivity index (χ1) is 10.6. The molecule has 22 heavy (non-hydrogen) atoms. The molecule has 0 heterocycles. The van der Waals surface area contributed by atoms with E-state index in [4.69, 9.17) is 4.18 Å². The SMILES string of the molecule is O=S(=O)(Oc1ccc(-c2ccccc2)cc1)c1cc[c]cc1. The Hall–Kier alpha value is -2.59. The van der Waals surface area contributed by atoms with Crippen molar-refractivity contribution in [3.05, 3.63) is 84.9 Å². The van der Waals surface area contributed by atoms with Gasteiger partial charge in [-0.3, -0.25) is 0 Å².